The molecule has 92 valence electrons. The minimum atomic E-state index is 0. The van der Waals surface area contributed by atoms with Gasteiger partial charge in [0.2, 0.25) is 0 Å². The van der Waals surface area contributed by atoms with Crippen LogP contribution in [0.3, 0.4) is 0 Å². The highest BCUT2D eigenvalue weighted by molar-refractivity contribution is 5.85. The van der Waals surface area contributed by atoms with E-state index in [0.29, 0.717) is 0 Å². The number of rotatable bonds is 4. The first kappa shape index (κ1) is 12.5. The molecule has 3 rings (SSSR count). The molecule has 2 nitrogen and oxygen atoms in total. The summed E-state index contributed by atoms with van der Waals surface area (Å²) in [6.45, 7) is 2.16. The van der Waals surface area contributed by atoms with Crippen molar-refractivity contribution in [2.45, 2.75) is 25.8 Å². The molecule has 2 aromatic rings. The summed E-state index contributed by atoms with van der Waals surface area (Å²) in [5, 5.41) is 4.87. The van der Waals surface area contributed by atoms with Gasteiger partial charge in [0, 0.05) is 18.3 Å². The smallest absolute Gasteiger partial charge is 0.0499 e. The van der Waals surface area contributed by atoms with Crippen molar-refractivity contribution in [1.29, 1.82) is 0 Å². The van der Waals surface area contributed by atoms with Crippen LogP contribution >= 0.6 is 12.4 Å². The maximum atomic E-state index is 3.57. The summed E-state index contributed by atoms with van der Waals surface area (Å²) in [7, 11) is 0. The van der Waals surface area contributed by atoms with E-state index in [1.54, 1.807) is 0 Å². The van der Waals surface area contributed by atoms with Gasteiger partial charge in [-0.3, -0.25) is 0 Å². The first-order valence-electron chi connectivity index (χ1n) is 6.19. The lowest BCUT2D eigenvalue weighted by Gasteiger charge is -2.25. The highest BCUT2D eigenvalue weighted by atomic mass is 35.5. The Morgan fingerprint density at radius 3 is 2.88 bits per heavy atom. The number of H-pyrrole nitrogens is 1. The minimum Gasteiger partial charge on any atom is -0.361 e. The van der Waals surface area contributed by atoms with Crippen molar-refractivity contribution in [2.75, 3.05) is 6.54 Å². The molecule has 0 atom stereocenters. The SMILES string of the molecule is Cl.c1cc(CNCC2CCC2)c2[nH]ccc2c1. The second kappa shape index (κ2) is 5.56. The van der Waals surface area contributed by atoms with E-state index in [9.17, 15) is 0 Å². The Labute approximate surface area is 108 Å². The molecule has 0 radical (unpaired) electrons. The Balaban J connectivity index is 0.00000108. The zero-order chi connectivity index (χ0) is 10.8. The number of halogens is 1. The fourth-order valence-electron chi connectivity index (χ4n) is 2.40. The van der Waals surface area contributed by atoms with Gasteiger partial charge in [0.15, 0.2) is 0 Å². The van der Waals surface area contributed by atoms with Gasteiger partial charge in [0.05, 0.1) is 0 Å². The number of fused-ring (bicyclic) bond motifs is 1. The lowest BCUT2D eigenvalue weighted by Crippen LogP contribution is -2.26. The van der Waals surface area contributed by atoms with Crippen LogP contribution in [0.15, 0.2) is 30.5 Å². The van der Waals surface area contributed by atoms with E-state index in [1.807, 2.05) is 6.20 Å². The summed E-state index contributed by atoms with van der Waals surface area (Å²) in [6.07, 6.45) is 6.28. The number of aromatic amines is 1. The maximum Gasteiger partial charge on any atom is 0.0499 e. The monoisotopic (exact) mass is 250 g/mol. The maximum absolute atomic E-state index is 3.57. The van der Waals surface area contributed by atoms with Crippen molar-refractivity contribution in [3.63, 3.8) is 0 Å². The van der Waals surface area contributed by atoms with E-state index in [4.69, 9.17) is 0 Å². The fourth-order valence-corrected chi connectivity index (χ4v) is 2.40. The Kier molecular flexibility index (Phi) is 4.08. The van der Waals surface area contributed by atoms with Gasteiger partial charge in [-0.1, -0.05) is 24.6 Å². The summed E-state index contributed by atoms with van der Waals surface area (Å²) < 4.78 is 0. The molecule has 1 aliphatic carbocycles. The highest BCUT2D eigenvalue weighted by Crippen LogP contribution is 2.25. The lowest BCUT2D eigenvalue weighted by atomic mass is 9.85. The summed E-state index contributed by atoms with van der Waals surface area (Å²) in [5.74, 6) is 0.933. The third-order valence-corrected chi connectivity index (χ3v) is 3.65. The number of para-hydroxylation sites is 1. The van der Waals surface area contributed by atoms with Gasteiger partial charge in [-0.05, 0) is 42.3 Å². The van der Waals surface area contributed by atoms with Gasteiger partial charge in [0.1, 0.15) is 0 Å². The van der Waals surface area contributed by atoms with Crippen LogP contribution in [0.25, 0.3) is 10.9 Å². The van der Waals surface area contributed by atoms with Crippen LogP contribution < -0.4 is 5.32 Å². The predicted molar refractivity (Wildman–Crippen MR) is 74.6 cm³/mol. The van der Waals surface area contributed by atoms with Crippen LogP contribution in [0.2, 0.25) is 0 Å². The number of nitrogens with one attached hydrogen (secondary N) is 2. The van der Waals surface area contributed by atoms with Crippen LogP contribution in [0.5, 0.6) is 0 Å². The molecule has 3 heteroatoms. The first-order valence-corrected chi connectivity index (χ1v) is 6.19. The van der Waals surface area contributed by atoms with Crippen LogP contribution in [-0.4, -0.2) is 11.5 Å². The number of aromatic nitrogens is 1. The molecule has 1 fully saturated rings. The Bertz CT molecular complexity index is 474. The van der Waals surface area contributed by atoms with Crippen molar-refractivity contribution in [1.82, 2.24) is 10.3 Å². The van der Waals surface area contributed by atoms with E-state index in [0.717, 1.165) is 12.5 Å². The molecule has 0 bridgehead atoms. The Morgan fingerprint density at radius 1 is 1.24 bits per heavy atom. The highest BCUT2D eigenvalue weighted by Gasteiger charge is 2.16. The minimum absolute atomic E-state index is 0. The lowest BCUT2D eigenvalue weighted by molar-refractivity contribution is 0.301. The van der Waals surface area contributed by atoms with Gasteiger partial charge >= 0.3 is 0 Å². The van der Waals surface area contributed by atoms with Crippen molar-refractivity contribution >= 4 is 23.3 Å². The normalized spacial score (nSPS) is 15.5. The molecular weight excluding hydrogens is 232 g/mol. The zero-order valence-electron chi connectivity index (χ0n) is 9.91. The molecule has 0 aliphatic heterocycles. The van der Waals surface area contributed by atoms with Gasteiger partial charge in [0.25, 0.3) is 0 Å². The fraction of sp³-hybridized carbons (Fsp3) is 0.429. The molecule has 1 saturated carbocycles. The predicted octanol–water partition coefficient (Wildman–Crippen LogP) is 3.48. The van der Waals surface area contributed by atoms with Crippen LogP contribution in [0.4, 0.5) is 0 Å². The molecule has 1 heterocycles. The molecule has 2 N–H and O–H groups in total. The van der Waals surface area contributed by atoms with Gasteiger partial charge < -0.3 is 10.3 Å². The van der Waals surface area contributed by atoms with Crippen LogP contribution in [0.1, 0.15) is 24.8 Å². The summed E-state index contributed by atoms with van der Waals surface area (Å²) in [5.41, 5.74) is 2.66. The average Bonchev–Trinajstić information content (AvgIpc) is 2.70. The van der Waals surface area contributed by atoms with Crippen molar-refractivity contribution < 1.29 is 0 Å². The van der Waals surface area contributed by atoms with Gasteiger partial charge in [-0.2, -0.15) is 0 Å². The summed E-state index contributed by atoms with van der Waals surface area (Å²) >= 11 is 0. The van der Waals surface area contributed by atoms with Crippen LogP contribution in [-0.2, 0) is 6.54 Å². The van der Waals surface area contributed by atoms with E-state index in [1.165, 1.54) is 42.3 Å². The molecular formula is C14H19ClN2. The van der Waals surface area contributed by atoms with Crippen molar-refractivity contribution in [3.8, 4) is 0 Å². The number of hydrogen-bond donors (Lipinski definition) is 2. The zero-order valence-corrected chi connectivity index (χ0v) is 10.7. The van der Waals surface area contributed by atoms with E-state index in [-0.39, 0.29) is 12.4 Å². The standard InChI is InChI=1S/C14H18N2.ClH/c1-3-11(4-1)9-15-10-13-6-2-5-12-7-8-16-14(12)13;/h2,5-8,11,15-16H,1,3-4,9-10H2;1H. The third-order valence-electron chi connectivity index (χ3n) is 3.65. The third kappa shape index (κ3) is 2.64. The quantitative estimate of drug-likeness (QED) is 0.854. The molecule has 0 amide bonds. The molecule has 0 saturated heterocycles. The van der Waals surface area contributed by atoms with E-state index < -0.39 is 0 Å². The Morgan fingerprint density at radius 2 is 2.12 bits per heavy atom. The van der Waals surface area contributed by atoms with Crippen molar-refractivity contribution in [2.24, 2.45) is 5.92 Å². The van der Waals surface area contributed by atoms with Gasteiger partial charge in [-0.25, -0.2) is 0 Å². The van der Waals surface area contributed by atoms with E-state index in [2.05, 4.69) is 34.6 Å². The topological polar surface area (TPSA) is 27.8 Å². The molecule has 0 spiro atoms. The Hall–Kier alpha value is -0.990. The summed E-state index contributed by atoms with van der Waals surface area (Å²) in [6, 6.07) is 8.62. The number of benzene rings is 1. The molecule has 0 unspecified atom stereocenters. The second-order valence-electron chi connectivity index (χ2n) is 4.79. The second-order valence-corrected chi connectivity index (χ2v) is 4.79. The summed E-state index contributed by atoms with van der Waals surface area (Å²) in [4.78, 5) is 3.31. The number of hydrogen-bond acceptors (Lipinski definition) is 1. The average molecular weight is 251 g/mol. The van der Waals surface area contributed by atoms with E-state index >= 15 is 0 Å². The van der Waals surface area contributed by atoms with Crippen molar-refractivity contribution in [3.05, 3.63) is 36.0 Å². The first-order chi connectivity index (χ1) is 7.93. The molecule has 1 aromatic carbocycles. The molecule has 1 aliphatic rings. The molecule has 17 heavy (non-hydrogen) atoms. The molecule has 1 aromatic heterocycles. The largest absolute Gasteiger partial charge is 0.361 e. The van der Waals surface area contributed by atoms with Crippen LogP contribution in [0, 0.1) is 5.92 Å². The van der Waals surface area contributed by atoms with Gasteiger partial charge in [-0.15, -0.1) is 12.4 Å².